The van der Waals surface area contributed by atoms with Crippen molar-refractivity contribution in [1.82, 2.24) is 14.7 Å². The Morgan fingerprint density at radius 3 is 2.94 bits per heavy atom. The van der Waals surface area contributed by atoms with Crippen LogP contribution in [0.25, 0.3) is 0 Å². The van der Waals surface area contributed by atoms with Gasteiger partial charge in [0.25, 0.3) is 0 Å². The Kier molecular flexibility index (Phi) is 3.49. The predicted octanol–water partition coefficient (Wildman–Crippen LogP) is 1.03. The highest BCUT2D eigenvalue weighted by Crippen LogP contribution is 2.14. The second-order valence-corrected chi connectivity index (χ2v) is 4.12. The van der Waals surface area contributed by atoms with Crippen molar-refractivity contribution < 1.29 is 4.79 Å². The van der Waals surface area contributed by atoms with Gasteiger partial charge in [0.05, 0.1) is 5.69 Å². The lowest BCUT2D eigenvalue weighted by Crippen LogP contribution is -2.22. The van der Waals surface area contributed by atoms with Crippen molar-refractivity contribution in [2.45, 2.75) is 19.3 Å². The highest BCUT2D eigenvalue weighted by molar-refractivity contribution is 5.45. The number of nitrogens with zero attached hydrogens (tertiary/aromatic N) is 4. The molecule has 16 heavy (non-hydrogen) atoms. The van der Waals surface area contributed by atoms with Gasteiger partial charge in [-0.1, -0.05) is 0 Å². The Morgan fingerprint density at radius 1 is 1.50 bits per heavy atom. The first-order valence-electron chi connectivity index (χ1n) is 5.63. The summed E-state index contributed by atoms with van der Waals surface area (Å²) in [7, 11) is 1.79. The summed E-state index contributed by atoms with van der Waals surface area (Å²) >= 11 is 0. The minimum Gasteiger partial charge on any atom is -0.303 e. The normalized spacial score (nSPS) is 16.3. The van der Waals surface area contributed by atoms with Crippen LogP contribution >= 0.6 is 0 Å². The Morgan fingerprint density at radius 2 is 2.25 bits per heavy atom. The number of hydrogen-bond donors (Lipinski definition) is 0. The van der Waals surface area contributed by atoms with E-state index in [1.165, 1.54) is 32.0 Å². The maximum absolute atomic E-state index is 10.2. The van der Waals surface area contributed by atoms with Gasteiger partial charge in [0, 0.05) is 26.1 Å². The highest BCUT2D eigenvalue weighted by atomic mass is 16.1. The largest absolute Gasteiger partial charge is 0.303 e. The van der Waals surface area contributed by atoms with Crippen molar-refractivity contribution in [1.29, 1.82) is 0 Å². The molecule has 0 amide bonds. The number of aromatic nitrogens is 2. The van der Waals surface area contributed by atoms with Gasteiger partial charge in [-0.2, -0.15) is 5.10 Å². The fourth-order valence-electron chi connectivity index (χ4n) is 2.07. The molecule has 1 aromatic heterocycles. The molecule has 0 aromatic carbocycles. The minimum absolute atomic E-state index is 0.575. The van der Waals surface area contributed by atoms with Crippen molar-refractivity contribution in [2.75, 3.05) is 19.6 Å². The van der Waals surface area contributed by atoms with E-state index in [9.17, 15) is 4.79 Å². The molecule has 0 spiro atoms. The van der Waals surface area contributed by atoms with Crippen LogP contribution in [-0.2, 0) is 18.3 Å². The number of isocyanates is 1. The van der Waals surface area contributed by atoms with E-state index in [4.69, 9.17) is 0 Å². The van der Waals surface area contributed by atoms with Crippen LogP contribution in [0, 0.1) is 0 Å². The van der Waals surface area contributed by atoms with Crippen LogP contribution in [0.1, 0.15) is 18.5 Å². The Balaban J connectivity index is 1.93. The molecule has 0 radical (unpaired) electrons. The van der Waals surface area contributed by atoms with E-state index in [1.807, 2.05) is 6.07 Å². The molecule has 5 heteroatoms. The molecule has 5 nitrogen and oxygen atoms in total. The van der Waals surface area contributed by atoms with E-state index in [-0.39, 0.29) is 0 Å². The maximum Gasteiger partial charge on any atom is 0.242 e. The minimum atomic E-state index is 0.575. The van der Waals surface area contributed by atoms with Crippen molar-refractivity contribution in [2.24, 2.45) is 12.0 Å². The SMILES string of the molecule is Cn1nc(CCN2CCCC2)cc1N=C=O. The lowest BCUT2D eigenvalue weighted by molar-refractivity contribution is 0.342. The van der Waals surface area contributed by atoms with E-state index in [0.29, 0.717) is 5.82 Å². The molecule has 0 saturated carbocycles. The third-order valence-corrected chi connectivity index (χ3v) is 2.95. The molecule has 0 aliphatic carbocycles. The second-order valence-electron chi connectivity index (χ2n) is 4.12. The molecule has 2 heterocycles. The molecule has 1 saturated heterocycles. The zero-order chi connectivity index (χ0) is 11.4. The van der Waals surface area contributed by atoms with Crippen LogP contribution in [0.15, 0.2) is 11.1 Å². The summed E-state index contributed by atoms with van der Waals surface area (Å²) in [4.78, 5) is 16.2. The number of rotatable bonds is 4. The van der Waals surface area contributed by atoms with E-state index < -0.39 is 0 Å². The Labute approximate surface area is 94.8 Å². The van der Waals surface area contributed by atoms with E-state index in [1.54, 1.807) is 11.7 Å². The summed E-state index contributed by atoms with van der Waals surface area (Å²) in [5, 5.41) is 4.31. The maximum atomic E-state index is 10.2. The number of likely N-dealkylation sites (tertiary alicyclic amines) is 1. The van der Waals surface area contributed by atoms with E-state index in [0.717, 1.165) is 18.7 Å². The van der Waals surface area contributed by atoms with Crippen LogP contribution in [0.2, 0.25) is 0 Å². The van der Waals surface area contributed by atoms with E-state index >= 15 is 0 Å². The van der Waals surface area contributed by atoms with Gasteiger partial charge < -0.3 is 4.90 Å². The zero-order valence-electron chi connectivity index (χ0n) is 9.52. The summed E-state index contributed by atoms with van der Waals surface area (Å²) in [5.41, 5.74) is 0.989. The number of hydrogen-bond acceptors (Lipinski definition) is 4. The molecular formula is C11H16N4O. The average molecular weight is 220 g/mol. The summed E-state index contributed by atoms with van der Waals surface area (Å²) in [6, 6.07) is 1.85. The van der Waals surface area contributed by atoms with Crippen molar-refractivity contribution in [3.05, 3.63) is 11.8 Å². The smallest absolute Gasteiger partial charge is 0.242 e. The van der Waals surface area contributed by atoms with Gasteiger partial charge in [-0.25, -0.2) is 9.48 Å². The first-order valence-corrected chi connectivity index (χ1v) is 5.63. The molecule has 0 N–H and O–H groups in total. The first kappa shape index (κ1) is 11.0. The standard InChI is InChI=1S/C11H16N4O/c1-14-11(12-9-16)8-10(13-14)4-7-15-5-2-3-6-15/h8H,2-7H2,1H3. The average Bonchev–Trinajstić information content (AvgIpc) is 2.87. The quantitative estimate of drug-likeness (QED) is 0.562. The predicted molar refractivity (Wildman–Crippen MR) is 60.4 cm³/mol. The van der Waals surface area contributed by atoms with Gasteiger partial charge in [-0.05, 0) is 25.9 Å². The Hall–Kier alpha value is -1.45. The van der Waals surface area contributed by atoms with Crippen LogP contribution in [0.4, 0.5) is 5.82 Å². The lowest BCUT2D eigenvalue weighted by Gasteiger charge is -2.12. The fourth-order valence-corrected chi connectivity index (χ4v) is 2.07. The molecule has 1 fully saturated rings. The van der Waals surface area contributed by atoms with Gasteiger partial charge >= 0.3 is 0 Å². The molecule has 1 aliphatic heterocycles. The van der Waals surface area contributed by atoms with Crippen molar-refractivity contribution >= 4 is 11.9 Å². The molecule has 2 rings (SSSR count). The number of aryl methyl sites for hydroxylation is 1. The summed E-state index contributed by atoms with van der Waals surface area (Å²) in [6.07, 6.45) is 5.07. The van der Waals surface area contributed by atoms with Gasteiger partial charge in [-0.15, -0.1) is 4.99 Å². The van der Waals surface area contributed by atoms with Crippen molar-refractivity contribution in [3.8, 4) is 0 Å². The summed E-state index contributed by atoms with van der Waals surface area (Å²) in [6.45, 7) is 3.44. The van der Waals surface area contributed by atoms with Crippen molar-refractivity contribution in [3.63, 3.8) is 0 Å². The fraction of sp³-hybridized carbons (Fsp3) is 0.636. The monoisotopic (exact) mass is 220 g/mol. The summed E-state index contributed by atoms with van der Waals surface area (Å²) in [5.74, 6) is 0.575. The van der Waals surface area contributed by atoms with Gasteiger partial charge in [0.1, 0.15) is 0 Å². The van der Waals surface area contributed by atoms with Crippen LogP contribution < -0.4 is 0 Å². The van der Waals surface area contributed by atoms with Crippen LogP contribution in [-0.4, -0.2) is 40.4 Å². The number of carbonyl (C=O) groups excluding carboxylic acids is 1. The third-order valence-electron chi connectivity index (χ3n) is 2.95. The first-order chi connectivity index (χ1) is 7.79. The second kappa shape index (κ2) is 5.05. The summed E-state index contributed by atoms with van der Waals surface area (Å²) < 4.78 is 1.62. The molecule has 86 valence electrons. The van der Waals surface area contributed by atoms with Crippen LogP contribution in [0.5, 0.6) is 0 Å². The molecular weight excluding hydrogens is 204 g/mol. The Bertz CT molecular complexity index is 400. The molecule has 1 aromatic rings. The molecule has 0 atom stereocenters. The van der Waals surface area contributed by atoms with Gasteiger partial charge in [0.2, 0.25) is 6.08 Å². The van der Waals surface area contributed by atoms with Gasteiger partial charge in [0.15, 0.2) is 5.82 Å². The lowest BCUT2D eigenvalue weighted by atomic mass is 10.3. The van der Waals surface area contributed by atoms with E-state index in [2.05, 4.69) is 15.0 Å². The molecule has 0 bridgehead atoms. The molecule has 1 aliphatic rings. The third kappa shape index (κ3) is 2.56. The zero-order valence-corrected chi connectivity index (χ0v) is 9.52. The van der Waals surface area contributed by atoms with Crippen LogP contribution in [0.3, 0.4) is 0 Å². The topological polar surface area (TPSA) is 50.5 Å². The van der Waals surface area contributed by atoms with Gasteiger partial charge in [-0.3, -0.25) is 0 Å². The number of aliphatic imine (C=N–C) groups is 1. The molecule has 0 unspecified atom stereocenters. The highest BCUT2D eigenvalue weighted by Gasteiger charge is 2.12.